The molecule has 0 saturated heterocycles. The highest BCUT2D eigenvalue weighted by molar-refractivity contribution is 7.91. The molecule has 1 heterocycles. The number of rotatable bonds is 3. The fraction of sp³-hybridized carbons (Fsp3) is 0.190. The molecule has 3 aromatic rings. The van der Waals surface area contributed by atoms with Crippen LogP contribution >= 0.6 is 0 Å². The molecule has 0 aliphatic rings. The number of hydrogen-bond acceptors (Lipinski definition) is 5. The van der Waals surface area contributed by atoms with Gasteiger partial charge in [-0.3, -0.25) is 0 Å². The van der Waals surface area contributed by atoms with Gasteiger partial charge in [0.15, 0.2) is 4.90 Å². The standard InChI is InChI=1S/C21H20O5S/c1-21(2,3)15-11-7-8-12-18(15)27(24,25)19-16(22)13-17(26-20(19)23)14-9-5-4-6-10-14/h4-13,22H,1-3H3. The van der Waals surface area contributed by atoms with E-state index in [1.807, 2.05) is 20.8 Å². The molecule has 0 bridgehead atoms. The van der Waals surface area contributed by atoms with Gasteiger partial charge in [-0.15, -0.1) is 0 Å². The van der Waals surface area contributed by atoms with Gasteiger partial charge in [0.25, 0.3) is 0 Å². The van der Waals surface area contributed by atoms with Gasteiger partial charge in [0.05, 0.1) is 4.90 Å². The quantitative estimate of drug-likeness (QED) is 0.733. The van der Waals surface area contributed by atoms with Gasteiger partial charge in [-0.05, 0) is 17.0 Å². The molecule has 140 valence electrons. The summed E-state index contributed by atoms with van der Waals surface area (Å²) < 4.78 is 31.6. The molecular weight excluding hydrogens is 364 g/mol. The Bertz CT molecular complexity index is 1140. The predicted molar refractivity (Wildman–Crippen MR) is 103 cm³/mol. The molecule has 0 saturated carbocycles. The first-order valence-electron chi connectivity index (χ1n) is 8.39. The molecule has 0 atom stereocenters. The SMILES string of the molecule is CC(C)(C)c1ccccc1S(=O)(=O)c1c(O)cc(-c2ccccc2)oc1=O. The van der Waals surface area contributed by atoms with Crippen LogP contribution in [0.2, 0.25) is 0 Å². The van der Waals surface area contributed by atoms with Crippen LogP contribution in [0, 0.1) is 0 Å². The van der Waals surface area contributed by atoms with E-state index in [1.165, 1.54) is 6.07 Å². The summed E-state index contributed by atoms with van der Waals surface area (Å²) >= 11 is 0. The van der Waals surface area contributed by atoms with E-state index in [0.29, 0.717) is 11.1 Å². The summed E-state index contributed by atoms with van der Waals surface area (Å²) in [5.74, 6) is -0.532. The Morgan fingerprint density at radius 3 is 2.11 bits per heavy atom. The van der Waals surface area contributed by atoms with Crippen LogP contribution in [-0.4, -0.2) is 13.5 Å². The molecule has 1 aromatic heterocycles. The van der Waals surface area contributed by atoms with Crippen molar-refractivity contribution < 1.29 is 17.9 Å². The van der Waals surface area contributed by atoms with Crippen LogP contribution in [0.15, 0.2) is 79.7 Å². The molecule has 3 rings (SSSR count). The zero-order valence-corrected chi connectivity index (χ0v) is 16.1. The highest BCUT2D eigenvalue weighted by Crippen LogP contribution is 2.35. The normalized spacial score (nSPS) is 12.1. The Balaban J connectivity index is 2.22. The van der Waals surface area contributed by atoms with Crippen molar-refractivity contribution in [3.63, 3.8) is 0 Å². The molecule has 1 N–H and O–H groups in total. The lowest BCUT2D eigenvalue weighted by atomic mass is 9.87. The molecule has 2 aromatic carbocycles. The number of aromatic hydroxyl groups is 1. The van der Waals surface area contributed by atoms with Crippen molar-refractivity contribution in [2.24, 2.45) is 0 Å². The summed E-state index contributed by atoms with van der Waals surface area (Å²) in [4.78, 5) is 11.7. The van der Waals surface area contributed by atoms with Gasteiger partial charge >= 0.3 is 5.63 Å². The smallest absolute Gasteiger partial charge is 0.359 e. The lowest BCUT2D eigenvalue weighted by molar-refractivity contribution is 0.425. The van der Waals surface area contributed by atoms with Crippen LogP contribution in [0.25, 0.3) is 11.3 Å². The van der Waals surface area contributed by atoms with Gasteiger partial charge in [-0.2, -0.15) is 0 Å². The van der Waals surface area contributed by atoms with Crippen molar-refractivity contribution in [1.29, 1.82) is 0 Å². The minimum atomic E-state index is -4.27. The first kappa shape index (κ1) is 18.9. The van der Waals surface area contributed by atoms with E-state index >= 15 is 0 Å². The Labute approximate surface area is 157 Å². The summed E-state index contributed by atoms with van der Waals surface area (Å²) in [7, 11) is -4.27. The Morgan fingerprint density at radius 2 is 1.52 bits per heavy atom. The molecule has 0 amide bonds. The minimum Gasteiger partial charge on any atom is -0.506 e. The number of hydrogen-bond donors (Lipinski definition) is 1. The monoisotopic (exact) mass is 384 g/mol. The highest BCUT2D eigenvalue weighted by atomic mass is 32.2. The summed E-state index contributed by atoms with van der Waals surface area (Å²) in [6, 6.07) is 16.3. The second-order valence-corrected chi connectivity index (χ2v) is 9.08. The highest BCUT2D eigenvalue weighted by Gasteiger charge is 2.32. The second kappa shape index (κ2) is 6.70. The van der Waals surface area contributed by atoms with Gasteiger partial charge in [-0.25, -0.2) is 13.2 Å². The van der Waals surface area contributed by atoms with Gasteiger partial charge < -0.3 is 9.52 Å². The maximum absolute atomic E-state index is 13.2. The first-order valence-corrected chi connectivity index (χ1v) is 9.88. The molecule has 0 spiro atoms. The molecule has 0 fully saturated rings. The van der Waals surface area contributed by atoms with Crippen LogP contribution in [0.1, 0.15) is 26.3 Å². The fourth-order valence-electron chi connectivity index (χ4n) is 2.89. The zero-order valence-electron chi connectivity index (χ0n) is 15.3. The van der Waals surface area contributed by atoms with Crippen molar-refractivity contribution >= 4 is 9.84 Å². The van der Waals surface area contributed by atoms with Gasteiger partial charge in [-0.1, -0.05) is 69.3 Å². The van der Waals surface area contributed by atoms with Gasteiger partial charge in [0.1, 0.15) is 11.5 Å². The third-order valence-corrected chi connectivity index (χ3v) is 6.05. The van der Waals surface area contributed by atoms with Crippen LogP contribution < -0.4 is 5.63 Å². The van der Waals surface area contributed by atoms with E-state index in [2.05, 4.69) is 0 Å². The Hall–Kier alpha value is -2.86. The maximum Gasteiger partial charge on any atom is 0.359 e. The van der Waals surface area contributed by atoms with E-state index in [4.69, 9.17) is 4.42 Å². The largest absolute Gasteiger partial charge is 0.506 e. The van der Waals surface area contributed by atoms with E-state index in [-0.39, 0.29) is 10.7 Å². The minimum absolute atomic E-state index is 0.0208. The molecule has 27 heavy (non-hydrogen) atoms. The van der Waals surface area contributed by atoms with Crippen molar-refractivity contribution in [2.75, 3.05) is 0 Å². The molecule has 0 radical (unpaired) electrons. The maximum atomic E-state index is 13.2. The first-order chi connectivity index (χ1) is 12.6. The average Bonchev–Trinajstić information content (AvgIpc) is 2.61. The summed E-state index contributed by atoms with van der Waals surface area (Å²) in [6.45, 7) is 5.63. The molecule has 0 aliphatic heterocycles. The fourth-order valence-corrected chi connectivity index (χ4v) is 4.63. The molecule has 0 unspecified atom stereocenters. The lowest BCUT2D eigenvalue weighted by Gasteiger charge is -2.22. The third-order valence-electron chi connectivity index (χ3n) is 4.20. The van der Waals surface area contributed by atoms with Crippen LogP contribution in [0.3, 0.4) is 0 Å². The summed E-state index contributed by atoms with van der Waals surface area (Å²) in [5, 5.41) is 10.4. The molecule has 0 aliphatic carbocycles. The van der Waals surface area contributed by atoms with E-state index in [0.717, 1.165) is 6.07 Å². The van der Waals surface area contributed by atoms with Crippen LogP contribution in [0.4, 0.5) is 0 Å². The molecular formula is C21H20O5S. The van der Waals surface area contributed by atoms with Crippen molar-refractivity contribution in [3.8, 4) is 17.1 Å². The summed E-state index contributed by atoms with van der Waals surface area (Å²) in [5.41, 5.74) is -0.457. The third kappa shape index (κ3) is 3.53. The van der Waals surface area contributed by atoms with E-state index in [1.54, 1.807) is 48.5 Å². The Kier molecular flexibility index (Phi) is 4.70. The van der Waals surface area contributed by atoms with Gasteiger partial charge in [0.2, 0.25) is 9.84 Å². The number of sulfone groups is 1. The van der Waals surface area contributed by atoms with E-state index in [9.17, 15) is 18.3 Å². The topological polar surface area (TPSA) is 84.6 Å². The molecule has 5 nitrogen and oxygen atoms in total. The van der Waals surface area contributed by atoms with E-state index < -0.39 is 31.5 Å². The summed E-state index contributed by atoms with van der Waals surface area (Å²) in [6.07, 6.45) is 0. The predicted octanol–water partition coefficient (Wildman–Crippen LogP) is 4.14. The number of benzene rings is 2. The second-order valence-electron chi connectivity index (χ2n) is 7.23. The van der Waals surface area contributed by atoms with Crippen LogP contribution in [-0.2, 0) is 15.3 Å². The average molecular weight is 384 g/mol. The lowest BCUT2D eigenvalue weighted by Crippen LogP contribution is -2.20. The Morgan fingerprint density at radius 1 is 0.926 bits per heavy atom. The van der Waals surface area contributed by atoms with Gasteiger partial charge in [0, 0.05) is 11.6 Å². The van der Waals surface area contributed by atoms with Crippen molar-refractivity contribution in [2.45, 2.75) is 36.0 Å². The van der Waals surface area contributed by atoms with Crippen molar-refractivity contribution in [1.82, 2.24) is 0 Å². The van der Waals surface area contributed by atoms with Crippen LogP contribution in [0.5, 0.6) is 5.75 Å². The zero-order chi connectivity index (χ0) is 19.8. The molecule has 6 heteroatoms. The van der Waals surface area contributed by atoms with Crippen molar-refractivity contribution in [3.05, 3.63) is 76.6 Å².